The first-order chi connectivity index (χ1) is 12.9. The Bertz CT molecular complexity index is 762. The second-order valence-corrected chi connectivity index (χ2v) is 6.83. The van der Waals surface area contributed by atoms with E-state index in [0.717, 1.165) is 24.2 Å². The summed E-state index contributed by atoms with van der Waals surface area (Å²) in [4.78, 5) is 4.55. The molecule has 0 aliphatic carbocycles. The molecule has 3 heteroatoms. The van der Waals surface area contributed by atoms with Gasteiger partial charge in [-0.05, 0) is 29.7 Å². The number of aryl methyl sites for hydroxylation is 1. The molecule has 0 radical (unpaired) electrons. The van der Waals surface area contributed by atoms with Crippen LogP contribution in [0.2, 0.25) is 0 Å². The first kappa shape index (κ1) is 18.4. The Morgan fingerprint density at radius 1 is 0.692 bits per heavy atom. The van der Waals surface area contributed by atoms with Crippen molar-refractivity contribution in [1.29, 1.82) is 0 Å². The third-order valence-corrected chi connectivity index (χ3v) is 4.71. The summed E-state index contributed by atoms with van der Waals surface area (Å²) < 4.78 is 5.45. The molecule has 0 unspecified atom stereocenters. The molecule has 0 saturated carbocycles. The van der Waals surface area contributed by atoms with Crippen LogP contribution in [0, 0.1) is 0 Å². The van der Waals surface area contributed by atoms with Gasteiger partial charge in [-0.25, -0.2) is 0 Å². The van der Waals surface area contributed by atoms with Crippen molar-refractivity contribution in [2.75, 3.05) is 0 Å². The molecular formula is C23H28N2O. The van der Waals surface area contributed by atoms with Gasteiger partial charge in [0.1, 0.15) is 0 Å². The van der Waals surface area contributed by atoms with Gasteiger partial charge in [-0.1, -0.05) is 93.1 Å². The molecule has 3 nitrogen and oxygen atoms in total. The number of hydrogen-bond acceptors (Lipinski definition) is 3. The van der Waals surface area contributed by atoms with E-state index < -0.39 is 0 Å². The molecule has 0 saturated heterocycles. The van der Waals surface area contributed by atoms with E-state index in [4.69, 9.17) is 4.52 Å². The minimum Gasteiger partial charge on any atom is -0.334 e. The van der Waals surface area contributed by atoms with E-state index in [9.17, 15) is 0 Å². The molecule has 0 atom stereocenters. The Kier molecular flexibility index (Phi) is 7.00. The van der Waals surface area contributed by atoms with Crippen molar-refractivity contribution in [3.05, 3.63) is 60.4 Å². The van der Waals surface area contributed by atoms with Crippen LogP contribution < -0.4 is 0 Å². The molecule has 1 aromatic heterocycles. The Labute approximate surface area is 156 Å². The lowest BCUT2D eigenvalue weighted by atomic mass is 10.0. The van der Waals surface area contributed by atoms with Crippen LogP contribution >= 0.6 is 0 Å². The van der Waals surface area contributed by atoms with E-state index in [1.54, 1.807) is 0 Å². The smallest absolute Gasteiger partial charge is 0.257 e. The van der Waals surface area contributed by atoms with Crippen LogP contribution in [0.5, 0.6) is 0 Å². The van der Waals surface area contributed by atoms with Crippen LogP contribution in [0.4, 0.5) is 0 Å². The standard InChI is InChI=1S/C23H28N2O/c1-2-3-4-5-6-7-11-14-22-24-23(26-25-22)21-17-15-20(16-18-21)19-12-9-8-10-13-19/h8-10,12-13,15-18H,2-7,11,14H2,1H3. The van der Waals surface area contributed by atoms with Crippen LogP contribution in [-0.4, -0.2) is 10.1 Å². The molecule has 0 amide bonds. The highest BCUT2D eigenvalue weighted by Crippen LogP contribution is 2.24. The van der Waals surface area contributed by atoms with Gasteiger partial charge in [-0.2, -0.15) is 4.98 Å². The fourth-order valence-electron chi connectivity index (χ4n) is 3.15. The first-order valence-electron chi connectivity index (χ1n) is 9.85. The maximum Gasteiger partial charge on any atom is 0.257 e. The lowest BCUT2D eigenvalue weighted by Crippen LogP contribution is -1.89. The summed E-state index contributed by atoms with van der Waals surface area (Å²) in [5.41, 5.74) is 3.38. The summed E-state index contributed by atoms with van der Waals surface area (Å²) in [6.45, 7) is 2.25. The van der Waals surface area contributed by atoms with Gasteiger partial charge in [-0.15, -0.1) is 0 Å². The maximum atomic E-state index is 5.45. The fraction of sp³-hybridized carbons (Fsp3) is 0.391. The topological polar surface area (TPSA) is 38.9 Å². The Hall–Kier alpha value is -2.42. The highest BCUT2D eigenvalue weighted by Gasteiger charge is 2.09. The monoisotopic (exact) mass is 348 g/mol. The second-order valence-electron chi connectivity index (χ2n) is 6.83. The van der Waals surface area contributed by atoms with Crippen LogP contribution in [0.25, 0.3) is 22.6 Å². The number of aromatic nitrogens is 2. The second kappa shape index (κ2) is 9.91. The molecular weight excluding hydrogens is 320 g/mol. The van der Waals surface area contributed by atoms with E-state index in [1.165, 1.54) is 49.7 Å². The van der Waals surface area contributed by atoms with Crippen molar-refractivity contribution >= 4 is 0 Å². The highest BCUT2D eigenvalue weighted by molar-refractivity contribution is 5.67. The van der Waals surface area contributed by atoms with Crippen LogP contribution in [0.3, 0.4) is 0 Å². The van der Waals surface area contributed by atoms with Crippen LogP contribution in [-0.2, 0) is 6.42 Å². The van der Waals surface area contributed by atoms with Gasteiger partial charge in [0.2, 0.25) is 0 Å². The number of hydrogen-bond donors (Lipinski definition) is 0. The van der Waals surface area contributed by atoms with E-state index >= 15 is 0 Å². The van der Waals surface area contributed by atoms with Crippen LogP contribution in [0.1, 0.15) is 57.7 Å². The van der Waals surface area contributed by atoms with Gasteiger partial charge in [0.05, 0.1) is 0 Å². The summed E-state index contributed by atoms with van der Waals surface area (Å²) in [5.74, 6) is 1.43. The van der Waals surface area contributed by atoms with Gasteiger partial charge >= 0.3 is 0 Å². The molecule has 0 aliphatic rings. The average Bonchev–Trinajstić information content (AvgIpc) is 3.17. The molecule has 0 spiro atoms. The molecule has 3 aromatic rings. The zero-order valence-corrected chi connectivity index (χ0v) is 15.7. The maximum absolute atomic E-state index is 5.45. The van der Waals surface area contributed by atoms with Crippen LogP contribution in [0.15, 0.2) is 59.1 Å². The number of benzene rings is 2. The molecule has 1 heterocycles. The average molecular weight is 348 g/mol. The SMILES string of the molecule is CCCCCCCCCc1noc(-c2ccc(-c3ccccc3)cc2)n1. The summed E-state index contributed by atoms with van der Waals surface area (Å²) in [7, 11) is 0. The number of unbranched alkanes of at least 4 members (excludes halogenated alkanes) is 6. The molecule has 0 aliphatic heterocycles. The Balaban J connectivity index is 1.50. The molecule has 3 rings (SSSR count). The summed E-state index contributed by atoms with van der Waals surface area (Å²) in [6.07, 6.45) is 9.97. The van der Waals surface area contributed by atoms with Crippen molar-refractivity contribution in [3.63, 3.8) is 0 Å². The number of rotatable bonds is 10. The van der Waals surface area contributed by atoms with Crippen molar-refractivity contribution in [3.8, 4) is 22.6 Å². The van der Waals surface area contributed by atoms with Crippen molar-refractivity contribution < 1.29 is 4.52 Å². The molecule has 0 bridgehead atoms. The van der Waals surface area contributed by atoms with E-state index in [-0.39, 0.29) is 0 Å². The molecule has 26 heavy (non-hydrogen) atoms. The highest BCUT2D eigenvalue weighted by atomic mass is 16.5. The predicted molar refractivity (Wildman–Crippen MR) is 107 cm³/mol. The third-order valence-electron chi connectivity index (χ3n) is 4.71. The lowest BCUT2D eigenvalue weighted by Gasteiger charge is -2.01. The summed E-state index contributed by atoms with van der Waals surface area (Å²) in [5, 5.41) is 4.13. The van der Waals surface area contributed by atoms with Crippen molar-refractivity contribution in [2.24, 2.45) is 0 Å². The Morgan fingerprint density at radius 2 is 1.31 bits per heavy atom. The zero-order chi connectivity index (χ0) is 18.0. The largest absolute Gasteiger partial charge is 0.334 e. The van der Waals surface area contributed by atoms with Crippen molar-refractivity contribution in [2.45, 2.75) is 58.3 Å². The fourth-order valence-corrected chi connectivity index (χ4v) is 3.15. The van der Waals surface area contributed by atoms with Crippen molar-refractivity contribution in [1.82, 2.24) is 10.1 Å². The first-order valence-corrected chi connectivity index (χ1v) is 9.85. The molecule has 0 N–H and O–H groups in total. The Morgan fingerprint density at radius 3 is 2.04 bits per heavy atom. The van der Waals surface area contributed by atoms with Gasteiger partial charge in [0, 0.05) is 12.0 Å². The van der Waals surface area contributed by atoms with E-state index in [2.05, 4.69) is 53.5 Å². The summed E-state index contributed by atoms with van der Waals surface area (Å²) in [6, 6.07) is 18.7. The summed E-state index contributed by atoms with van der Waals surface area (Å²) >= 11 is 0. The van der Waals surface area contributed by atoms with E-state index in [1.807, 2.05) is 18.2 Å². The lowest BCUT2D eigenvalue weighted by molar-refractivity contribution is 0.421. The van der Waals surface area contributed by atoms with E-state index in [0.29, 0.717) is 5.89 Å². The van der Waals surface area contributed by atoms with Gasteiger partial charge < -0.3 is 4.52 Å². The minimum atomic E-state index is 0.613. The molecule has 136 valence electrons. The quantitative estimate of drug-likeness (QED) is 0.383. The normalized spacial score (nSPS) is 11.0. The molecule has 2 aromatic carbocycles. The minimum absolute atomic E-state index is 0.613. The zero-order valence-electron chi connectivity index (χ0n) is 15.7. The third kappa shape index (κ3) is 5.29. The number of nitrogens with zero attached hydrogens (tertiary/aromatic N) is 2. The van der Waals surface area contributed by atoms with Gasteiger partial charge in [0.25, 0.3) is 5.89 Å². The predicted octanol–water partition coefficient (Wildman–Crippen LogP) is 6.70. The van der Waals surface area contributed by atoms with Gasteiger partial charge in [0.15, 0.2) is 5.82 Å². The van der Waals surface area contributed by atoms with Gasteiger partial charge in [-0.3, -0.25) is 0 Å². The molecule has 0 fully saturated rings.